The second kappa shape index (κ2) is 6.20. The number of hydrogen-bond donors (Lipinski definition) is 1. The lowest BCUT2D eigenvalue weighted by Crippen LogP contribution is -2.29. The van der Waals surface area contributed by atoms with Crippen LogP contribution in [0.15, 0.2) is 46.9 Å². The molecule has 2 unspecified atom stereocenters. The summed E-state index contributed by atoms with van der Waals surface area (Å²) in [5, 5.41) is 0. The molecule has 1 aliphatic carbocycles. The van der Waals surface area contributed by atoms with Gasteiger partial charge in [-0.1, -0.05) is 40.2 Å². The molecule has 1 aliphatic rings. The van der Waals surface area contributed by atoms with E-state index in [1.807, 2.05) is 12.1 Å². The highest BCUT2D eigenvalue weighted by atomic mass is 79.9. The van der Waals surface area contributed by atoms with E-state index in [0.717, 1.165) is 29.5 Å². The summed E-state index contributed by atoms with van der Waals surface area (Å²) < 4.78 is 6.41. The minimum atomic E-state index is 0.136. The van der Waals surface area contributed by atoms with E-state index in [1.165, 1.54) is 16.7 Å². The number of fused-ring (bicyclic) bond motifs is 1. The Morgan fingerprint density at radius 1 is 1.29 bits per heavy atom. The zero-order valence-electron chi connectivity index (χ0n) is 12.2. The summed E-state index contributed by atoms with van der Waals surface area (Å²) in [6.45, 7) is 0. The first-order valence-corrected chi connectivity index (χ1v) is 8.14. The molecular formula is C18H20BrNO. The summed E-state index contributed by atoms with van der Waals surface area (Å²) in [5.41, 5.74) is 10.6. The first-order valence-electron chi connectivity index (χ1n) is 7.35. The Hall–Kier alpha value is -1.32. The van der Waals surface area contributed by atoms with E-state index in [2.05, 4.69) is 46.3 Å². The topological polar surface area (TPSA) is 35.2 Å². The van der Waals surface area contributed by atoms with Crippen LogP contribution in [0.2, 0.25) is 0 Å². The summed E-state index contributed by atoms with van der Waals surface area (Å²) in [5.74, 6) is 1.34. The standard InChI is InChI=1S/C18H20BrNO/c1-21-14-7-9-17(19)13(10-14)11-18(20)16-8-6-12-4-2-3-5-15(12)16/h2-5,7,9-10,16,18H,6,8,11,20H2,1H3. The fraction of sp³-hybridized carbons (Fsp3) is 0.333. The summed E-state index contributed by atoms with van der Waals surface area (Å²) in [4.78, 5) is 0. The third kappa shape index (κ3) is 2.99. The largest absolute Gasteiger partial charge is 0.497 e. The van der Waals surface area contributed by atoms with Crippen molar-refractivity contribution < 1.29 is 4.74 Å². The van der Waals surface area contributed by atoms with Crippen LogP contribution in [0.1, 0.15) is 29.0 Å². The van der Waals surface area contributed by atoms with Crippen LogP contribution in [0.25, 0.3) is 0 Å². The zero-order chi connectivity index (χ0) is 14.8. The van der Waals surface area contributed by atoms with Gasteiger partial charge < -0.3 is 10.5 Å². The number of benzene rings is 2. The molecule has 0 radical (unpaired) electrons. The van der Waals surface area contributed by atoms with Crippen LogP contribution in [0.5, 0.6) is 5.75 Å². The number of nitrogens with two attached hydrogens (primary N) is 1. The van der Waals surface area contributed by atoms with Gasteiger partial charge in [-0.2, -0.15) is 0 Å². The van der Waals surface area contributed by atoms with Crippen molar-refractivity contribution in [3.8, 4) is 5.75 Å². The van der Waals surface area contributed by atoms with Gasteiger partial charge >= 0.3 is 0 Å². The molecule has 0 aliphatic heterocycles. The first-order chi connectivity index (χ1) is 10.2. The third-order valence-corrected chi connectivity index (χ3v) is 5.18. The molecule has 0 heterocycles. The average molecular weight is 346 g/mol. The maximum absolute atomic E-state index is 6.52. The minimum Gasteiger partial charge on any atom is -0.497 e. The Kier molecular flexibility index (Phi) is 4.32. The van der Waals surface area contributed by atoms with Gasteiger partial charge in [0.2, 0.25) is 0 Å². The molecule has 110 valence electrons. The number of aryl methyl sites for hydroxylation is 1. The Labute approximate surface area is 134 Å². The van der Waals surface area contributed by atoms with Crippen LogP contribution in [-0.4, -0.2) is 13.2 Å². The van der Waals surface area contributed by atoms with Crippen molar-refractivity contribution in [1.82, 2.24) is 0 Å². The van der Waals surface area contributed by atoms with Crippen LogP contribution in [0, 0.1) is 0 Å². The van der Waals surface area contributed by atoms with Gasteiger partial charge in [0, 0.05) is 10.5 Å². The maximum atomic E-state index is 6.52. The Balaban J connectivity index is 1.80. The van der Waals surface area contributed by atoms with Crippen molar-refractivity contribution in [1.29, 1.82) is 0 Å². The van der Waals surface area contributed by atoms with Crippen molar-refractivity contribution in [2.75, 3.05) is 7.11 Å². The van der Waals surface area contributed by atoms with Crippen molar-refractivity contribution in [3.05, 3.63) is 63.6 Å². The van der Waals surface area contributed by atoms with Crippen molar-refractivity contribution >= 4 is 15.9 Å². The van der Waals surface area contributed by atoms with Crippen molar-refractivity contribution in [2.45, 2.75) is 31.2 Å². The molecule has 0 saturated heterocycles. The van der Waals surface area contributed by atoms with Crippen LogP contribution in [-0.2, 0) is 12.8 Å². The molecule has 0 saturated carbocycles. The van der Waals surface area contributed by atoms with Gasteiger partial charge in [0.1, 0.15) is 5.75 Å². The summed E-state index contributed by atoms with van der Waals surface area (Å²) >= 11 is 3.62. The van der Waals surface area contributed by atoms with E-state index in [-0.39, 0.29) is 6.04 Å². The highest BCUT2D eigenvalue weighted by Crippen LogP contribution is 2.36. The van der Waals surface area contributed by atoms with E-state index in [1.54, 1.807) is 7.11 Å². The lowest BCUT2D eigenvalue weighted by molar-refractivity contribution is 0.413. The Morgan fingerprint density at radius 2 is 2.10 bits per heavy atom. The van der Waals surface area contributed by atoms with Crippen LogP contribution >= 0.6 is 15.9 Å². The number of ether oxygens (including phenoxy) is 1. The van der Waals surface area contributed by atoms with Crippen molar-refractivity contribution in [3.63, 3.8) is 0 Å². The fourth-order valence-electron chi connectivity index (χ4n) is 3.27. The van der Waals surface area contributed by atoms with E-state index < -0.39 is 0 Å². The van der Waals surface area contributed by atoms with Gasteiger partial charge in [0.15, 0.2) is 0 Å². The van der Waals surface area contributed by atoms with Crippen LogP contribution in [0.3, 0.4) is 0 Å². The van der Waals surface area contributed by atoms with E-state index in [4.69, 9.17) is 10.5 Å². The minimum absolute atomic E-state index is 0.136. The fourth-order valence-corrected chi connectivity index (χ4v) is 3.67. The molecule has 3 heteroatoms. The zero-order valence-corrected chi connectivity index (χ0v) is 13.8. The predicted molar refractivity (Wildman–Crippen MR) is 89.9 cm³/mol. The highest BCUT2D eigenvalue weighted by Gasteiger charge is 2.27. The molecule has 21 heavy (non-hydrogen) atoms. The molecule has 2 N–H and O–H groups in total. The molecule has 2 aromatic rings. The average Bonchev–Trinajstić information content (AvgIpc) is 2.93. The van der Waals surface area contributed by atoms with Gasteiger partial charge in [0.25, 0.3) is 0 Å². The van der Waals surface area contributed by atoms with E-state index in [9.17, 15) is 0 Å². The molecular weight excluding hydrogens is 326 g/mol. The molecule has 0 bridgehead atoms. The molecule has 0 fully saturated rings. The lowest BCUT2D eigenvalue weighted by atomic mass is 9.89. The van der Waals surface area contributed by atoms with Crippen molar-refractivity contribution in [2.24, 2.45) is 5.73 Å². The Morgan fingerprint density at radius 3 is 2.90 bits per heavy atom. The normalized spacial score (nSPS) is 18.3. The summed E-state index contributed by atoms with van der Waals surface area (Å²) in [6, 6.07) is 14.9. The van der Waals surface area contributed by atoms with Gasteiger partial charge in [0.05, 0.1) is 7.11 Å². The molecule has 0 aromatic heterocycles. The summed E-state index contributed by atoms with van der Waals surface area (Å²) in [7, 11) is 1.69. The molecule has 2 nitrogen and oxygen atoms in total. The SMILES string of the molecule is COc1ccc(Br)c(CC(N)C2CCc3ccccc32)c1. The lowest BCUT2D eigenvalue weighted by Gasteiger charge is -2.21. The van der Waals surface area contributed by atoms with Gasteiger partial charge in [-0.15, -0.1) is 0 Å². The molecule has 0 spiro atoms. The Bertz CT molecular complexity index is 641. The molecule has 0 amide bonds. The number of rotatable bonds is 4. The summed E-state index contributed by atoms with van der Waals surface area (Å²) in [6.07, 6.45) is 3.16. The smallest absolute Gasteiger partial charge is 0.119 e. The number of hydrogen-bond acceptors (Lipinski definition) is 2. The number of halogens is 1. The number of methoxy groups -OCH3 is 1. The first kappa shape index (κ1) is 14.6. The molecule has 3 rings (SSSR count). The predicted octanol–water partition coefficient (Wildman–Crippen LogP) is 4.06. The van der Waals surface area contributed by atoms with Crippen LogP contribution < -0.4 is 10.5 Å². The second-order valence-electron chi connectivity index (χ2n) is 5.67. The third-order valence-electron chi connectivity index (χ3n) is 4.40. The second-order valence-corrected chi connectivity index (χ2v) is 6.52. The monoisotopic (exact) mass is 345 g/mol. The molecule has 2 atom stereocenters. The van der Waals surface area contributed by atoms with Gasteiger partial charge in [-0.3, -0.25) is 0 Å². The highest BCUT2D eigenvalue weighted by molar-refractivity contribution is 9.10. The maximum Gasteiger partial charge on any atom is 0.119 e. The van der Waals surface area contributed by atoms with Gasteiger partial charge in [-0.25, -0.2) is 0 Å². The molecule has 2 aromatic carbocycles. The van der Waals surface area contributed by atoms with Crippen LogP contribution in [0.4, 0.5) is 0 Å². The van der Waals surface area contributed by atoms with Gasteiger partial charge in [-0.05, 0) is 60.1 Å². The van der Waals surface area contributed by atoms with E-state index in [0.29, 0.717) is 5.92 Å². The quantitative estimate of drug-likeness (QED) is 0.906. The van der Waals surface area contributed by atoms with E-state index >= 15 is 0 Å².